The Bertz CT molecular complexity index is 684. The van der Waals surface area contributed by atoms with Gasteiger partial charge in [0.15, 0.2) is 0 Å². The Kier molecular flexibility index (Phi) is 5.38. The van der Waals surface area contributed by atoms with Gasteiger partial charge in [-0.05, 0) is 31.2 Å². The van der Waals surface area contributed by atoms with E-state index >= 15 is 0 Å². The zero-order valence-electron chi connectivity index (χ0n) is 12.2. The number of hydrogen-bond acceptors (Lipinski definition) is 4. The number of unbranched alkanes of at least 4 members (excludes halogenated alkanes) is 1. The minimum absolute atomic E-state index is 0.185. The highest BCUT2D eigenvalue weighted by atomic mass is 32.2. The van der Waals surface area contributed by atoms with E-state index in [4.69, 9.17) is 0 Å². The lowest BCUT2D eigenvalue weighted by Crippen LogP contribution is -2.37. The third kappa shape index (κ3) is 3.85. The molecule has 2 rings (SSSR count). The van der Waals surface area contributed by atoms with Crippen LogP contribution in [0.2, 0.25) is 0 Å². The maximum atomic E-state index is 12.2. The smallest absolute Gasteiger partial charge is 0.272 e. The molecule has 1 amide bonds. The molecule has 0 saturated heterocycles. The first kappa shape index (κ1) is 15.6. The topological polar surface area (TPSA) is 64.0 Å². The largest absolute Gasteiger partial charge is 0.280 e. The summed E-state index contributed by atoms with van der Waals surface area (Å²) in [5, 5.41) is 0.293. The van der Waals surface area contributed by atoms with E-state index in [0.717, 1.165) is 23.3 Å². The molecule has 1 aromatic carbocycles. The fourth-order valence-corrected chi connectivity index (χ4v) is 2.85. The number of amides is 1. The van der Waals surface area contributed by atoms with Crippen molar-refractivity contribution in [2.45, 2.75) is 31.9 Å². The first-order valence-corrected chi connectivity index (χ1v) is 8.07. The van der Waals surface area contributed by atoms with E-state index in [-0.39, 0.29) is 16.7 Å². The van der Waals surface area contributed by atoms with Crippen molar-refractivity contribution in [1.82, 2.24) is 9.66 Å². The molecule has 0 aliphatic carbocycles. The van der Waals surface area contributed by atoms with Gasteiger partial charge in [-0.2, -0.15) is 0 Å². The fourth-order valence-electron chi connectivity index (χ4n) is 1.84. The average Bonchev–Trinajstić information content (AvgIpc) is 2.50. The third-order valence-electron chi connectivity index (χ3n) is 3.13. The summed E-state index contributed by atoms with van der Waals surface area (Å²) in [5.41, 5.74) is 2.97. The van der Waals surface area contributed by atoms with Crippen molar-refractivity contribution in [3.05, 3.63) is 40.9 Å². The van der Waals surface area contributed by atoms with E-state index in [9.17, 15) is 9.59 Å². The number of rotatable bonds is 6. The van der Waals surface area contributed by atoms with Gasteiger partial charge in [-0.3, -0.25) is 15.0 Å². The zero-order valence-corrected chi connectivity index (χ0v) is 13.0. The predicted octanol–water partition coefficient (Wildman–Crippen LogP) is 2.39. The van der Waals surface area contributed by atoms with Crippen LogP contribution in [-0.2, 0) is 4.79 Å². The summed E-state index contributed by atoms with van der Waals surface area (Å²) in [7, 11) is 0. The van der Waals surface area contributed by atoms with Crippen molar-refractivity contribution in [3.8, 4) is 0 Å². The quantitative estimate of drug-likeness (QED) is 0.832. The highest BCUT2D eigenvalue weighted by molar-refractivity contribution is 8.00. The number of thioether (sulfide) groups is 1. The number of para-hydroxylation sites is 1. The summed E-state index contributed by atoms with van der Waals surface area (Å²) in [6, 6.07) is 7.07. The molecule has 0 spiro atoms. The number of carbonyl (C=O) groups is 1. The molecular formula is C15H19N3O2S. The number of carbonyl (C=O) groups excluding carboxylic acids is 1. The number of aromatic nitrogens is 2. The van der Waals surface area contributed by atoms with Crippen molar-refractivity contribution >= 4 is 28.6 Å². The lowest BCUT2D eigenvalue weighted by molar-refractivity contribution is -0.116. The second-order valence-corrected chi connectivity index (χ2v) is 6.23. The zero-order chi connectivity index (χ0) is 15.2. The first-order chi connectivity index (χ1) is 10.1. The van der Waals surface area contributed by atoms with Crippen LogP contribution in [0.1, 0.15) is 26.7 Å². The number of benzene rings is 1. The normalized spacial score (nSPS) is 12.3. The number of fused-ring (bicyclic) bond motifs is 1. The second kappa shape index (κ2) is 7.26. The van der Waals surface area contributed by atoms with Crippen LogP contribution >= 0.6 is 11.8 Å². The molecule has 0 aliphatic heterocycles. The molecule has 6 heteroatoms. The molecule has 5 nitrogen and oxygen atoms in total. The molecule has 1 aromatic heterocycles. The van der Waals surface area contributed by atoms with E-state index in [1.165, 1.54) is 6.33 Å². The van der Waals surface area contributed by atoms with Crippen molar-refractivity contribution in [2.75, 3.05) is 11.2 Å². The minimum Gasteiger partial charge on any atom is -0.272 e. The van der Waals surface area contributed by atoms with Gasteiger partial charge in [0.2, 0.25) is 0 Å². The molecule has 112 valence electrons. The number of hydrogen-bond donors (Lipinski definition) is 1. The second-order valence-electron chi connectivity index (χ2n) is 4.78. The summed E-state index contributed by atoms with van der Waals surface area (Å²) in [6.45, 7) is 3.96. The van der Waals surface area contributed by atoms with Crippen LogP contribution in [0.3, 0.4) is 0 Å². The van der Waals surface area contributed by atoms with Gasteiger partial charge >= 0.3 is 0 Å². The Morgan fingerprint density at radius 3 is 2.95 bits per heavy atom. The van der Waals surface area contributed by atoms with Gasteiger partial charge in [0, 0.05) is 0 Å². The van der Waals surface area contributed by atoms with Gasteiger partial charge in [-0.25, -0.2) is 9.66 Å². The highest BCUT2D eigenvalue weighted by Crippen LogP contribution is 2.13. The average molecular weight is 305 g/mol. The Labute approximate surface area is 127 Å². The van der Waals surface area contributed by atoms with Crippen molar-refractivity contribution in [3.63, 3.8) is 0 Å². The molecule has 0 aliphatic rings. The Hall–Kier alpha value is -1.82. The molecule has 1 atom stereocenters. The highest BCUT2D eigenvalue weighted by Gasteiger charge is 2.14. The van der Waals surface area contributed by atoms with E-state index in [1.54, 1.807) is 30.0 Å². The Morgan fingerprint density at radius 2 is 2.19 bits per heavy atom. The number of nitrogens with one attached hydrogen (secondary N) is 1. The maximum Gasteiger partial charge on any atom is 0.280 e. The molecule has 1 heterocycles. The molecule has 21 heavy (non-hydrogen) atoms. The molecule has 1 unspecified atom stereocenters. The van der Waals surface area contributed by atoms with Gasteiger partial charge in [-0.15, -0.1) is 11.8 Å². The Balaban J connectivity index is 2.11. The SMILES string of the molecule is CCCCSC(C)C(=O)Nn1cnc2ccccc2c1=O. The molecule has 0 fully saturated rings. The van der Waals surface area contributed by atoms with E-state index in [1.807, 2.05) is 13.0 Å². The predicted molar refractivity (Wildman–Crippen MR) is 87.2 cm³/mol. The van der Waals surface area contributed by atoms with Crippen LogP contribution in [-0.4, -0.2) is 26.6 Å². The van der Waals surface area contributed by atoms with Crippen LogP contribution in [0.15, 0.2) is 35.4 Å². The van der Waals surface area contributed by atoms with Crippen molar-refractivity contribution in [2.24, 2.45) is 0 Å². The van der Waals surface area contributed by atoms with Gasteiger partial charge in [-0.1, -0.05) is 25.5 Å². The van der Waals surface area contributed by atoms with E-state index < -0.39 is 0 Å². The van der Waals surface area contributed by atoms with Gasteiger partial charge in [0.25, 0.3) is 11.5 Å². The van der Waals surface area contributed by atoms with Crippen LogP contribution < -0.4 is 11.0 Å². The minimum atomic E-state index is -0.264. The maximum absolute atomic E-state index is 12.2. The lowest BCUT2D eigenvalue weighted by Gasteiger charge is -2.13. The summed E-state index contributed by atoms with van der Waals surface area (Å²) in [6.07, 6.45) is 3.54. The van der Waals surface area contributed by atoms with Crippen LogP contribution in [0.4, 0.5) is 0 Å². The number of nitrogens with zero attached hydrogens (tertiary/aromatic N) is 2. The standard InChI is InChI=1S/C15H19N3O2S/c1-3-4-9-21-11(2)14(19)17-18-10-16-13-8-6-5-7-12(13)15(18)20/h5-8,10-11H,3-4,9H2,1-2H3,(H,17,19). The summed E-state index contributed by atoms with van der Waals surface area (Å²) >= 11 is 1.59. The molecule has 1 N–H and O–H groups in total. The molecule has 0 saturated carbocycles. The van der Waals surface area contributed by atoms with Crippen LogP contribution in [0, 0.1) is 0 Å². The first-order valence-electron chi connectivity index (χ1n) is 7.02. The summed E-state index contributed by atoms with van der Waals surface area (Å²) in [4.78, 5) is 28.5. The van der Waals surface area contributed by atoms with Crippen molar-refractivity contribution < 1.29 is 4.79 Å². The van der Waals surface area contributed by atoms with Gasteiger partial charge in [0.05, 0.1) is 16.2 Å². The van der Waals surface area contributed by atoms with Gasteiger partial charge in [0.1, 0.15) is 6.33 Å². The van der Waals surface area contributed by atoms with Crippen LogP contribution in [0.5, 0.6) is 0 Å². The third-order valence-corrected chi connectivity index (χ3v) is 4.37. The van der Waals surface area contributed by atoms with E-state index in [2.05, 4.69) is 17.3 Å². The summed E-state index contributed by atoms with van der Waals surface area (Å²) in [5.74, 6) is 0.756. The fraction of sp³-hybridized carbons (Fsp3) is 0.400. The van der Waals surface area contributed by atoms with E-state index in [0.29, 0.717) is 10.9 Å². The van der Waals surface area contributed by atoms with Crippen molar-refractivity contribution in [1.29, 1.82) is 0 Å². The molecule has 0 radical (unpaired) electrons. The summed E-state index contributed by atoms with van der Waals surface area (Å²) < 4.78 is 1.15. The monoisotopic (exact) mass is 305 g/mol. The molecule has 2 aromatic rings. The molecular weight excluding hydrogens is 286 g/mol. The molecule has 0 bridgehead atoms. The Morgan fingerprint density at radius 1 is 1.43 bits per heavy atom. The van der Waals surface area contributed by atoms with Gasteiger partial charge < -0.3 is 0 Å². The van der Waals surface area contributed by atoms with Crippen LogP contribution in [0.25, 0.3) is 10.9 Å². The lowest BCUT2D eigenvalue weighted by atomic mass is 10.2.